The number of ether oxygens (including phenoxy) is 3. The minimum absolute atomic E-state index is 0.155. The van der Waals surface area contributed by atoms with Crippen molar-refractivity contribution in [2.75, 3.05) is 17.8 Å². The smallest absolute Gasteiger partial charge is 0.338 e. The Morgan fingerprint density at radius 3 is 2.58 bits per heavy atom. The maximum Gasteiger partial charge on any atom is 0.338 e. The number of nitrogen functional groups attached to an aromatic ring is 1. The van der Waals surface area contributed by atoms with Crippen LogP contribution in [0.4, 0.5) is 11.4 Å². The molecule has 3 rings (SSSR count). The van der Waals surface area contributed by atoms with E-state index >= 15 is 0 Å². The molecule has 24 heavy (non-hydrogen) atoms. The lowest BCUT2D eigenvalue weighted by atomic mass is 10.2. The molecule has 1 aliphatic heterocycles. The molecule has 2 aromatic rings. The number of fused-ring (bicyclic) bond motifs is 1. The highest BCUT2D eigenvalue weighted by atomic mass is 16.7. The Kier molecular flexibility index (Phi) is 4.24. The predicted molar refractivity (Wildman–Crippen MR) is 86.9 cm³/mol. The Balaban J connectivity index is 1.60. The van der Waals surface area contributed by atoms with Crippen LogP contribution in [0.1, 0.15) is 17.3 Å². The van der Waals surface area contributed by atoms with Gasteiger partial charge in [-0.2, -0.15) is 0 Å². The Hall–Kier alpha value is -3.22. The maximum absolute atomic E-state index is 12.2. The molecule has 0 spiro atoms. The summed E-state index contributed by atoms with van der Waals surface area (Å²) in [6.45, 7) is 1.65. The highest BCUT2D eigenvalue weighted by Crippen LogP contribution is 2.34. The molecule has 0 saturated heterocycles. The standard InChI is InChI=1S/C17H16N2O5/c1-10(24-17(21)11-2-4-12(18)5-3-11)16(20)19-13-6-7-14-15(8-13)23-9-22-14/h2-8,10H,9,18H2,1H3,(H,19,20)/t10-/m0/s1. The molecule has 1 heterocycles. The molecule has 0 bridgehead atoms. The van der Waals surface area contributed by atoms with Crippen molar-refractivity contribution in [3.8, 4) is 11.5 Å². The van der Waals surface area contributed by atoms with Crippen LogP contribution in [0.25, 0.3) is 0 Å². The van der Waals surface area contributed by atoms with Crippen LogP contribution in [0.2, 0.25) is 0 Å². The van der Waals surface area contributed by atoms with Gasteiger partial charge in [-0.1, -0.05) is 0 Å². The fraction of sp³-hybridized carbons (Fsp3) is 0.176. The molecule has 3 N–H and O–H groups in total. The number of anilines is 2. The third-order valence-corrected chi connectivity index (χ3v) is 3.44. The first kappa shape index (κ1) is 15.7. The van der Waals surface area contributed by atoms with Crippen LogP contribution >= 0.6 is 0 Å². The molecule has 1 atom stereocenters. The Morgan fingerprint density at radius 1 is 1.12 bits per heavy atom. The van der Waals surface area contributed by atoms with Crippen molar-refractivity contribution in [2.45, 2.75) is 13.0 Å². The van der Waals surface area contributed by atoms with Gasteiger partial charge in [0.05, 0.1) is 5.56 Å². The third-order valence-electron chi connectivity index (χ3n) is 3.44. The summed E-state index contributed by atoms with van der Waals surface area (Å²) in [7, 11) is 0. The van der Waals surface area contributed by atoms with Crippen molar-refractivity contribution in [2.24, 2.45) is 0 Å². The van der Waals surface area contributed by atoms with Gasteiger partial charge >= 0.3 is 5.97 Å². The van der Waals surface area contributed by atoms with Gasteiger partial charge in [0.25, 0.3) is 5.91 Å². The lowest BCUT2D eigenvalue weighted by Gasteiger charge is -2.14. The van der Waals surface area contributed by atoms with Gasteiger partial charge in [0.15, 0.2) is 17.6 Å². The Morgan fingerprint density at radius 2 is 1.83 bits per heavy atom. The van der Waals surface area contributed by atoms with Crippen LogP contribution in [-0.4, -0.2) is 24.8 Å². The minimum atomic E-state index is -0.958. The zero-order valence-electron chi connectivity index (χ0n) is 12.9. The van der Waals surface area contributed by atoms with Crippen LogP contribution in [-0.2, 0) is 9.53 Å². The Bertz CT molecular complexity index is 773. The first-order valence-corrected chi connectivity index (χ1v) is 7.30. The lowest BCUT2D eigenvalue weighted by molar-refractivity contribution is -0.123. The van der Waals surface area contributed by atoms with Gasteiger partial charge in [-0.3, -0.25) is 4.79 Å². The number of rotatable bonds is 4. The second-order valence-electron chi connectivity index (χ2n) is 5.23. The van der Waals surface area contributed by atoms with Crippen molar-refractivity contribution in [1.82, 2.24) is 0 Å². The van der Waals surface area contributed by atoms with Crippen LogP contribution in [0.3, 0.4) is 0 Å². The largest absolute Gasteiger partial charge is 0.454 e. The molecule has 1 amide bonds. The molecule has 1 aliphatic rings. The van der Waals surface area contributed by atoms with Crippen LogP contribution in [0, 0.1) is 0 Å². The fourth-order valence-electron chi connectivity index (χ4n) is 2.12. The van der Waals surface area contributed by atoms with E-state index in [0.717, 1.165) is 0 Å². The van der Waals surface area contributed by atoms with E-state index < -0.39 is 18.0 Å². The molecule has 0 aliphatic carbocycles. The topological polar surface area (TPSA) is 99.9 Å². The lowest BCUT2D eigenvalue weighted by Crippen LogP contribution is -2.30. The summed E-state index contributed by atoms with van der Waals surface area (Å²) in [6, 6.07) is 11.3. The molecule has 0 fully saturated rings. The van der Waals surface area contributed by atoms with E-state index in [2.05, 4.69) is 5.32 Å². The van der Waals surface area contributed by atoms with E-state index in [4.69, 9.17) is 19.9 Å². The number of carbonyl (C=O) groups is 2. The summed E-state index contributed by atoms with van der Waals surface area (Å²) >= 11 is 0. The van der Waals surface area contributed by atoms with Gasteiger partial charge < -0.3 is 25.3 Å². The highest BCUT2D eigenvalue weighted by molar-refractivity contribution is 5.97. The van der Waals surface area contributed by atoms with E-state index in [-0.39, 0.29) is 6.79 Å². The Labute approximate surface area is 138 Å². The summed E-state index contributed by atoms with van der Waals surface area (Å²) in [5.41, 5.74) is 6.96. The number of nitrogens with one attached hydrogen (secondary N) is 1. The van der Waals surface area contributed by atoms with Crippen LogP contribution in [0.5, 0.6) is 11.5 Å². The van der Waals surface area contributed by atoms with Crippen LogP contribution < -0.4 is 20.5 Å². The number of nitrogens with two attached hydrogens (primary N) is 1. The van der Waals surface area contributed by atoms with Gasteiger partial charge in [-0.15, -0.1) is 0 Å². The predicted octanol–water partition coefficient (Wildman–Crippen LogP) is 2.18. The summed E-state index contributed by atoms with van der Waals surface area (Å²) in [6.07, 6.45) is -0.958. The number of benzene rings is 2. The molecule has 0 unspecified atom stereocenters. The first-order chi connectivity index (χ1) is 11.5. The summed E-state index contributed by atoms with van der Waals surface area (Å²) in [5.74, 6) is 0.135. The zero-order valence-corrected chi connectivity index (χ0v) is 12.9. The molecule has 0 radical (unpaired) electrons. The molecule has 0 saturated carbocycles. The molecular weight excluding hydrogens is 312 g/mol. The van der Waals surface area contributed by atoms with Crippen molar-refractivity contribution in [3.63, 3.8) is 0 Å². The van der Waals surface area contributed by atoms with Gasteiger partial charge in [0.2, 0.25) is 6.79 Å². The minimum Gasteiger partial charge on any atom is -0.454 e. The second-order valence-corrected chi connectivity index (χ2v) is 5.23. The summed E-state index contributed by atoms with van der Waals surface area (Å²) < 4.78 is 15.6. The molecular formula is C17H16N2O5. The summed E-state index contributed by atoms with van der Waals surface area (Å²) in [4.78, 5) is 24.2. The molecule has 7 nitrogen and oxygen atoms in total. The van der Waals surface area contributed by atoms with E-state index in [1.807, 2.05) is 0 Å². The van der Waals surface area contributed by atoms with Crippen LogP contribution in [0.15, 0.2) is 42.5 Å². The van der Waals surface area contributed by atoms with Gasteiger partial charge in [0, 0.05) is 17.4 Å². The molecule has 124 valence electrons. The number of hydrogen-bond acceptors (Lipinski definition) is 6. The molecule has 7 heteroatoms. The average Bonchev–Trinajstić information content (AvgIpc) is 3.03. The van der Waals surface area contributed by atoms with E-state index in [0.29, 0.717) is 28.4 Å². The monoisotopic (exact) mass is 328 g/mol. The highest BCUT2D eigenvalue weighted by Gasteiger charge is 2.20. The summed E-state index contributed by atoms with van der Waals surface area (Å²) in [5, 5.41) is 2.67. The van der Waals surface area contributed by atoms with E-state index in [1.54, 1.807) is 42.5 Å². The van der Waals surface area contributed by atoms with Gasteiger partial charge in [0.1, 0.15) is 0 Å². The quantitative estimate of drug-likeness (QED) is 0.659. The first-order valence-electron chi connectivity index (χ1n) is 7.30. The van der Waals surface area contributed by atoms with Crippen molar-refractivity contribution in [3.05, 3.63) is 48.0 Å². The number of hydrogen-bond donors (Lipinski definition) is 2. The van der Waals surface area contributed by atoms with Gasteiger partial charge in [-0.05, 0) is 43.3 Å². The molecule has 0 aromatic heterocycles. The van der Waals surface area contributed by atoms with Gasteiger partial charge in [-0.25, -0.2) is 4.79 Å². The van der Waals surface area contributed by atoms with E-state index in [1.165, 1.54) is 6.92 Å². The van der Waals surface area contributed by atoms with Crippen molar-refractivity contribution in [1.29, 1.82) is 0 Å². The number of esters is 1. The molecule has 2 aromatic carbocycles. The third kappa shape index (κ3) is 3.40. The number of amides is 1. The second kappa shape index (κ2) is 6.49. The number of carbonyl (C=O) groups excluding carboxylic acids is 2. The maximum atomic E-state index is 12.2. The van der Waals surface area contributed by atoms with Crippen molar-refractivity contribution >= 4 is 23.3 Å². The SMILES string of the molecule is C[C@H](OC(=O)c1ccc(N)cc1)C(=O)Nc1ccc2c(c1)OCO2. The fourth-order valence-corrected chi connectivity index (χ4v) is 2.12. The average molecular weight is 328 g/mol. The zero-order chi connectivity index (χ0) is 17.1. The normalized spacial score (nSPS) is 13.2. The van der Waals surface area contributed by atoms with Crippen molar-refractivity contribution < 1.29 is 23.8 Å². The van der Waals surface area contributed by atoms with E-state index in [9.17, 15) is 9.59 Å².